The number of nitrogens with one attached hydrogen (secondary N) is 1. The minimum atomic E-state index is -0.107. The predicted octanol–water partition coefficient (Wildman–Crippen LogP) is 2.68. The zero-order chi connectivity index (χ0) is 16.8. The molecule has 1 atom stereocenters. The first kappa shape index (κ1) is 17.7. The number of hydrogen-bond acceptors (Lipinski definition) is 4. The summed E-state index contributed by atoms with van der Waals surface area (Å²) in [5.74, 6) is 1.08. The van der Waals surface area contributed by atoms with Crippen molar-refractivity contribution < 1.29 is 19.0 Å². The van der Waals surface area contributed by atoms with E-state index in [4.69, 9.17) is 25.8 Å². The van der Waals surface area contributed by atoms with Crippen LogP contribution < -0.4 is 14.8 Å². The number of rotatable bonds is 5. The number of hydrogen-bond donors (Lipinski definition) is 1. The van der Waals surface area contributed by atoms with E-state index in [-0.39, 0.29) is 12.1 Å². The Bertz CT molecular complexity index is 553. The number of halogens is 1. The number of methoxy groups -OCH3 is 1. The largest absolute Gasteiger partial charge is 0.493 e. The summed E-state index contributed by atoms with van der Waals surface area (Å²) in [6.07, 6.45) is 0.0644. The Balaban J connectivity index is 2.00. The lowest BCUT2D eigenvalue weighted by Crippen LogP contribution is -2.48. The number of benzene rings is 1. The Hall–Kier alpha value is -1.66. The molecule has 2 rings (SSSR count). The lowest BCUT2D eigenvalue weighted by atomic mass is 10.2. The molecule has 128 valence electrons. The molecule has 0 aromatic heterocycles. The summed E-state index contributed by atoms with van der Waals surface area (Å²) >= 11 is 6.23. The van der Waals surface area contributed by atoms with Crippen LogP contribution in [0.3, 0.4) is 0 Å². The second kappa shape index (κ2) is 8.26. The van der Waals surface area contributed by atoms with E-state index < -0.39 is 0 Å². The van der Waals surface area contributed by atoms with Crippen molar-refractivity contribution in [3.8, 4) is 11.5 Å². The summed E-state index contributed by atoms with van der Waals surface area (Å²) in [6.45, 7) is 6.47. The van der Waals surface area contributed by atoms with E-state index in [2.05, 4.69) is 5.32 Å². The van der Waals surface area contributed by atoms with Crippen LogP contribution in [0.25, 0.3) is 0 Å². The smallest absolute Gasteiger partial charge is 0.317 e. The van der Waals surface area contributed by atoms with Crippen molar-refractivity contribution in [2.24, 2.45) is 0 Å². The average Bonchev–Trinajstić information content (AvgIpc) is 2.54. The van der Waals surface area contributed by atoms with Gasteiger partial charge in [0.2, 0.25) is 0 Å². The highest BCUT2D eigenvalue weighted by Crippen LogP contribution is 2.36. The van der Waals surface area contributed by atoms with Crippen LogP contribution in [-0.4, -0.2) is 50.4 Å². The Labute approximate surface area is 141 Å². The number of carbonyl (C=O) groups is 1. The van der Waals surface area contributed by atoms with Gasteiger partial charge in [-0.05, 0) is 31.5 Å². The Morgan fingerprint density at radius 3 is 2.96 bits per heavy atom. The molecule has 23 heavy (non-hydrogen) atoms. The van der Waals surface area contributed by atoms with Crippen LogP contribution >= 0.6 is 11.6 Å². The molecule has 1 aliphatic rings. The molecule has 2 amide bonds. The van der Waals surface area contributed by atoms with Crippen LogP contribution in [0, 0.1) is 0 Å². The zero-order valence-electron chi connectivity index (χ0n) is 13.7. The number of amides is 2. The fourth-order valence-electron chi connectivity index (χ4n) is 2.45. The number of carbonyl (C=O) groups excluding carboxylic acids is 1. The molecule has 0 bridgehead atoms. The average molecular weight is 343 g/mol. The second-order valence-electron chi connectivity index (χ2n) is 5.33. The van der Waals surface area contributed by atoms with Gasteiger partial charge >= 0.3 is 6.03 Å². The zero-order valence-corrected chi connectivity index (χ0v) is 14.5. The summed E-state index contributed by atoms with van der Waals surface area (Å²) in [6, 6.07) is 3.49. The van der Waals surface area contributed by atoms with Crippen LogP contribution in [0.1, 0.15) is 19.4 Å². The molecular weight excluding hydrogens is 320 g/mol. The molecule has 6 nitrogen and oxygen atoms in total. The lowest BCUT2D eigenvalue weighted by Gasteiger charge is -2.31. The van der Waals surface area contributed by atoms with Crippen molar-refractivity contribution in [2.45, 2.75) is 26.5 Å². The van der Waals surface area contributed by atoms with Crippen LogP contribution in [0.5, 0.6) is 11.5 Å². The first-order valence-corrected chi connectivity index (χ1v) is 8.06. The molecular formula is C16H23ClN2O4. The van der Waals surface area contributed by atoms with Crippen LogP contribution in [0.15, 0.2) is 12.1 Å². The van der Waals surface area contributed by atoms with Gasteiger partial charge in [-0.15, -0.1) is 0 Å². The first-order valence-electron chi connectivity index (χ1n) is 7.68. The minimum Gasteiger partial charge on any atom is -0.493 e. The third-order valence-electron chi connectivity index (χ3n) is 3.55. The Kier molecular flexibility index (Phi) is 6.36. The highest BCUT2D eigenvalue weighted by Gasteiger charge is 2.21. The van der Waals surface area contributed by atoms with Crippen molar-refractivity contribution in [2.75, 3.05) is 33.4 Å². The van der Waals surface area contributed by atoms with Crippen LogP contribution in [0.2, 0.25) is 5.02 Å². The molecule has 1 aromatic carbocycles. The Morgan fingerprint density at radius 2 is 2.30 bits per heavy atom. The van der Waals surface area contributed by atoms with Gasteiger partial charge in [0.15, 0.2) is 11.5 Å². The quantitative estimate of drug-likeness (QED) is 0.893. The van der Waals surface area contributed by atoms with E-state index >= 15 is 0 Å². The van der Waals surface area contributed by atoms with Gasteiger partial charge < -0.3 is 24.4 Å². The van der Waals surface area contributed by atoms with Crippen molar-refractivity contribution in [3.63, 3.8) is 0 Å². The van der Waals surface area contributed by atoms with Crippen LogP contribution in [0.4, 0.5) is 4.79 Å². The summed E-state index contributed by atoms with van der Waals surface area (Å²) in [7, 11) is 1.56. The number of urea groups is 1. The van der Waals surface area contributed by atoms with E-state index in [1.165, 1.54) is 0 Å². The van der Waals surface area contributed by atoms with Gasteiger partial charge in [0, 0.05) is 19.6 Å². The number of nitrogens with zero attached hydrogens (tertiary/aromatic N) is 1. The molecule has 1 heterocycles. The lowest BCUT2D eigenvalue weighted by molar-refractivity contribution is -0.00351. The normalized spacial score (nSPS) is 17.7. The SMILES string of the molecule is CCOc1c(Cl)cc(CNC(=O)N2CCOC(C)C2)cc1OC. The molecule has 1 saturated heterocycles. The van der Waals surface area contributed by atoms with E-state index in [1.54, 1.807) is 18.1 Å². The van der Waals surface area contributed by atoms with E-state index in [0.717, 1.165) is 5.56 Å². The number of morpholine rings is 1. The molecule has 0 saturated carbocycles. The molecule has 0 radical (unpaired) electrons. The third-order valence-corrected chi connectivity index (χ3v) is 3.83. The van der Waals surface area contributed by atoms with E-state index in [9.17, 15) is 4.79 Å². The van der Waals surface area contributed by atoms with Gasteiger partial charge in [0.05, 0.1) is 31.5 Å². The van der Waals surface area contributed by atoms with Gasteiger partial charge in [0.25, 0.3) is 0 Å². The molecule has 1 aromatic rings. The first-order chi connectivity index (χ1) is 11.0. The van der Waals surface area contributed by atoms with Crippen molar-refractivity contribution in [1.82, 2.24) is 10.2 Å². The van der Waals surface area contributed by atoms with Crippen molar-refractivity contribution in [3.05, 3.63) is 22.7 Å². The maximum atomic E-state index is 12.2. The fraction of sp³-hybridized carbons (Fsp3) is 0.562. The topological polar surface area (TPSA) is 60.0 Å². The summed E-state index contributed by atoms with van der Waals surface area (Å²) in [5.41, 5.74) is 0.852. The van der Waals surface area contributed by atoms with Gasteiger partial charge in [-0.1, -0.05) is 11.6 Å². The molecule has 1 fully saturated rings. The standard InChI is InChI=1S/C16H23ClN2O4/c1-4-22-15-13(17)7-12(8-14(15)21-3)9-18-16(20)19-5-6-23-11(2)10-19/h7-8,11H,4-6,9-10H2,1-3H3,(H,18,20). The Morgan fingerprint density at radius 1 is 1.52 bits per heavy atom. The molecule has 1 unspecified atom stereocenters. The van der Waals surface area contributed by atoms with Crippen molar-refractivity contribution in [1.29, 1.82) is 0 Å². The summed E-state index contributed by atoms with van der Waals surface area (Å²) in [5, 5.41) is 3.36. The molecule has 7 heteroatoms. The fourth-order valence-corrected chi connectivity index (χ4v) is 2.74. The summed E-state index contributed by atoms with van der Waals surface area (Å²) in [4.78, 5) is 13.9. The van der Waals surface area contributed by atoms with E-state index in [1.807, 2.05) is 19.9 Å². The van der Waals surface area contributed by atoms with Gasteiger partial charge in [-0.25, -0.2) is 4.79 Å². The summed E-state index contributed by atoms with van der Waals surface area (Å²) < 4.78 is 16.2. The van der Waals surface area contributed by atoms with Crippen LogP contribution in [-0.2, 0) is 11.3 Å². The highest BCUT2D eigenvalue weighted by molar-refractivity contribution is 6.32. The molecule has 0 aliphatic carbocycles. The molecule has 1 N–H and O–H groups in total. The van der Waals surface area contributed by atoms with Gasteiger partial charge in [0.1, 0.15) is 0 Å². The van der Waals surface area contributed by atoms with Gasteiger partial charge in [-0.2, -0.15) is 0 Å². The molecule has 1 aliphatic heterocycles. The minimum absolute atomic E-state index is 0.0644. The third kappa shape index (κ3) is 4.65. The van der Waals surface area contributed by atoms with Gasteiger partial charge in [-0.3, -0.25) is 0 Å². The molecule has 0 spiro atoms. The van der Waals surface area contributed by atoms with Crippen molar-refractivity contribution >= 4 is 17.6 Å². The second-order valence-corrected chi connectivity index (χ2v) is 5.74. The maximum Gasteiger partial charge on any atom is 0.317 e. The highest BCUT2D eigenvalue weighted by atomic mass is 35.5. The number of ether oxygens (including phenoxy) is 3. The van der Waals surface area contributed by atoms with E-state index in [0.29, 0.717) is 49.4 Å². The maximum absolute atomic E-state index is 12.2. The predicted molar refractivity (Wildman–Crippen MR) is 88.4 cm³/mol. The monoisotopic (exact) mass is 342 g/mol.